The number of nitrogens with one attached hydrogen (secondary N) is 1. The van der Waals surface area contributed by atoms with Crippen LogP contribution in [0.15, 0.2) is 35.1 Å². The van der Waals surface area contributed by atoms with E-state index in [0.29, 0.717) is 10.1 Å². The summed E-state index contributed by atoms with van der Waals surface area (Å²) >= 11 is 1.03. The van der Waals surface area contributed by atoms with Crippen LogP contribution in [-0.4, -0.2) is 49.6 Å². The molecule has 4 aromatic rings. The fourth-order valence-electron chi connectivity index (χ4n) is 3.74. The summed E-state index contributed by atoms with van der Waals surface area (Å²) in [6, 6.07) is 6.36. The first-order chi connectivity index (χ1) is 16.1. The Labute approximate surface area is 192 Å². The number of aliphatic hydroxyl groups excluding tert-OH is 1. The summed E-state index contributed by atoms with van der Waals surface area (Å²) in [5, 5.41) is 11.7. The molecule has 1 saturated heterocycles. The van der Waals surface area contributed by atoms with Gasteiger partial charge in [0.2, 0.25) is 0 Å². The highest BCUT2D eigenvalue weighted by atomic mass is 32.1. The summed E-state index contributed by atoms with van der Waals surface area (Å²) in [6.45, 7) is -0.146. The summed E-state index contributed by atoms with van der Waals surface area (Å²) in [5.74, 6) is -1.01. The lowest BCUT2D eigenvalue weighted by molar-refractivity contribution is -0.144. The molecule has 1 aromatic carbocycles. The summed E-state index contributed by atoms with van der Waals surface area (Å²) in [4.78, 5) is 37.0. The molecule has 1 aliphatic rings. The first kappa shape index (κ1) is 22.2. The van der Waals surface area contributed by atoms with Gasteiger partial charge >= 0.3 is 6.18 Å². The number of nitrogen functional groups attached to an aromatic ring is 1. The predicted molar refractivity (Wildman–Crippen MR) is 116 cm³/mol. The van der Waals surface area contributed by atoms with Crippen molar-refractivity contribution in [1.29, 1.82) is 0 Å². The lowest BCUT2D eigenvalue weighted by atomic mass is 10.1. The number of halogens is 3. The van der Waals surface area contributed by atoms with E-state index < -0.39 is 35.5 Å². The van der Waals surface area contributed by atoms with Crippen LogP contribution < -0.4 is 16.2 Å². The van der Waals surface area contributed by atoms with Crippen LogP contribution in [0.4, 0.5) is 24.8 Å². The third-order valence-electron chi connectivity index (χ3n) is 5.35. The number of carbonyl (C=O) groups is 1. The molecule has 4 N–H and O–H groups in total. The number of aliphatic hydroxyl groups is 1. The third-order valence-corrected chi connectivity index (χ3v) is 6.24. The molecule has 2 atom stereocenters. The van der Waals surface area contributed by atoms with Crippen molar-refractivity contribution in [2.24, 2.45) is 0 Å². The highest BCUT2D eigenvalue weighted by molar-refractivity contribution is 7.14. The number of nitrogens with zero attached hydrogens (tertiary/aromatic N) is 4. The number of fused-ring (bicyclic) bond motifs is 3. The summed E-state index contributed by atoms with van der Waals surface area (Å²) < 4.78 is 49.1. The zero-order valence-electron chi connectivity index (χ0n) is 17.0. The second-order valence-electron chi connectivity index (χ2n) is 7.46. The number of alkyl halides is 3. The third kappa shape index (κ3) is 3.65. The van der Waals surface area contributed by atoms with Crippen LogP contribution in [0.2, 0.25) is 0 Å². The van der Waals surface area contributed by atoms with Crippen LogP contribution in [0.5, 0.6) is 0 Å². The van der Waals surface area contributed by atoms with Gasteiger partial charge in [-0.1, -0.05) is 6.07 Å². The lowest BCUT2D eigenvalue weighted by Crippen LogP contribution is -2.51. The van der Waals surface area contributed by atoms with E-state index in [4.69, 9.17) is 10.5 Å². The molecule has 3 aromatic heterocycles. The van der Waals surface area contributed by atoms with E-state index in [1.54, 1.807) is 6.07 Å². The molecule has 0 bridgehead atoms. The molecule has 14 heteroatoms. The topological polar surface area (TPSA) is 147 Å². The van der Waals surface area contributed by atoms with Crippen molar-refractivity contribution in [1.82, 2.24) is 19.3 Å². The van der Waals surface area contributed by atoms with Gasteiger partial charge in [-0.05, 0) is 35.8 Å². The number of anilines is 2. The van der Waals surface area contributed by atoms with Crippen LogP contribution in [-0.2, 0) is 15.7 Å². The number of morpholine rings is 1. The zero-order valence-corrected chi connectivity index (χ0v) is 17.9. The number of ether oxygens (including phenoxy) is 1. The number of amides is 1. The minimum atomic E-state index is -4.69. The van der Waals surface area contributed by atoms with Gasteiger partial charge in [0.15, 0.2) is 6.10 Å². The summed E-state index contributed by atoms with van der Waals surface area (Å²) in [5.41, 5.74) is 4.32. The van der Waals surface area contributed by atoms with E-state index >= 15 is 0 Å². The molecule has 2 unspecified atom stereocenters. The largest absolute Gasteiger partial charge is 0.433 e. The number of hydrogen-bond donors (Lipinski definition) is 3. The van der Waals surface area contributed by atoms with Crippen molar-refractivity contribution in [3.63, 3.8) is 0 Å². The van der Waals surface area contributed by atoms with Gasteiger partial charge in [0.05, 0.1) is 28.8 Å². The molecule has 10 nitrogen and oxygen atoms in total. The normalized spacial score (nSPS) is 18.1. The number of aromatic nitrogens is 4. The van der Waals surface area contributed by atoms with Crippen molar-refractivity contribution >= 4 is 50.1 Å². The molecule has 0 aliphatic carbocycles. The monoisotopic (exact) mass is 492 g/mol. The van der Waals surface area contributed by atoms with Crippen LogP contribution in [0, 0.1) is 0 Å². The number of aromatic amines is 1. The molecule has 4 heterocycles. The Balaban J connectivity index is 1.49. The van der Waals surface area contributed by atoms with E-state index in [-0.39, 0.29) is 41.5 Å². The highest BCUT2D eigenvalue weighted by Crippen LogP contribution is 2.32. The molecule has 1 amide bonds. The van der Waals surface area contributed by atoms with Gasteiger partial charge in [-0.15, -0.1) is 0 Å². The van der Waals surface area contributed by atoms with Gasteiger partial charge in [-0.2, -0.15) is 17.5 Å². The Bertz CT molecular complexity index is 1490. The van der Waals surface area contributed by atoms with Crippen molar-refractivity contribution in [2.75, 3.05) is 23.8 Å². The average Bonchev–Trinajstić information content (AvgIpc) is 3.18. The maximum absolute atomic E-state index is 13.0. The van der Waals surface area contributed by atoms with Gasteiger partial charge in [-0.25, -0.2) is 9.97 Å². The Morgan fingerprint density at radius 3 is 2.79 bits per heavy atom. The first-order valence-electron chi connectivity index (χ1n) is 9.88. The minimum absolute atomic E-state index is 0.0667. The minimum Gasteiger partial charge on any atom is -0.382 e. The molecule has 5 rings (SSSR count). The van der Waals surface area contributed by atoms with Gasteiger partial charge in [0.25, 0.3) is 11.5 Å². The molecule has 176 valence electrons. The molecular formula is C20H15F3N6O4S. The maximum atomic E-state index is 13.0. The van der Waals surface area contributed by atoms with Crippen molar-refractivity contribution in [3.05, 3.63) is 52.2 Å². The second-order valence-corrected chi connectivity index (χ2v) is 8.23. The van der Waals surface area contributed by atoms with E-state index in [1.807, 2.05) is 0 Å². The van der Waals surface area contributed by atoms with Gasteiger partial charge in [0.1, 0.15) is 29.3 Å². The molecule has 0 radical (unpaired) electrons. The van der Waals surface area contributed by atoms with Gasteiger partial charge in [0, 0.05) is 5.39 Å². The number of pyridine rings is 1. The molecular weight excluding hydrogens is 477 g/mol. The first-order valence-corrected chi connectivity index (χ1v) is 10.7. The van der Waals surface area contributed by atoms with Crippen molar-refractivity contribution in [3.8, 4) is 0 Å². The van der Waals surface area contributed by atoms with Gasteiger partial charge < -0.3 is 20.6 Å². The Morgan fingerprint density at radius 2 is 2.03 bits per heavy atom. The number of carbonyl (C=O) groups excluding carboxylic acids is 1. The highest BCUT2D eigenvalue weighted by Gasteiger charge is 2.39. The molecule has 1 fully saturated rings. The molecule has 0 spiro atoms. The SMILES string of the molecule is Nc1nsc2c1ccc1nc(C(O)C3OCCN(c4cccc(C(F)(F)F)n4)C3=O)[nH]c(=O)c12. The fourth-order valence-corrected chi connectivity index (χ4v) is 4.58. The second kappa shape index (κ2) is 8.00. The number of rotatable bonds is 3. The van der Waals surface area contributed by atoms with Crippen LogP contribution >= 0.6 is 11.5 Å². The van der Waals surface area contributed by atoms with Crippen LogP contribution in [0.1, 0.15) is 17.6 Å². The average molecular weight is 492 g/mol. The van der Waals surface area contributed by atoms with Crippen LogP contribution in [0.25, 0.3) is 21.0 Å². The molecule has 34 heavy (non-hydrogen) atoms. The number of nitrogens with two attached hydrogens (primary N) is 1. The molecule has 0 saturated carbocycles. The number of H-pyrrole nitrogens is 1. The standard InChI is InChI=1S/C20H15F3N6O4S/c21-20(22,23)10-2-1-3-11(26-10)29-6-7-33-14(19(29)32)13(30)17-25-9-5-4-8-15(34-28-16(8)24)12(9)18(31)27-17/h1-5,13-14,30H,6-7H2,(H2,24,28)(H,25,27,31). The Hall–Kier alpha value is -3.62. The Morgan fingerprint density at radius 1 is 1.24 bits per heavy atom. The Kier molecular flexibility index (Phi) is 5.22. The quantitative estimate of drug-likeness (QED) is 0.393. The van der Waals surface area contributed by atoms with Crippen molar-refractivity contribution < 1.29 is 27.8 Å². The van der Waals surface area contributed by atoms with Crippen molar-refractivity contribution in [2.45, 2.75) is 18.4 Å². The summed E-state index contributed by atoms with van der Waals surface area (Å²) in [6.07, 6.45) is -7.90. The van der Waals surface area contributed by atoms with E-state index in [2.05, 4.69) is 19.3 Å². The maximum Gasteiger partial charge on any atom is 0.433 e. The van der Waals surface area contributed by atoms with E-state index in [9.17, 15) is 27.9 Å². The zero-order chi connectivity index (χ0) is 24.2. The lowest BCUT2D eigenvalue weighted by Gasteiger charge is -2.33. The molecule has 1 aliphatic heterocycles. The summed E-state index contributed by atoms with van der Waals surface area (Å²) in [7, 11) is 0. The van der Waals surface area contributed by atoms with E-state index in [1.165, 1.54) is 12.1 Å². The fraction of sp³-hybridized carbons (Fsp3) is 0.250. The van der Waals surface area contributed by atoms with E-state index in [0.717, 1.165) is 28.6 Å². The smallest absolute Gasteiger partial charge is 0.382 e. The van der Waals surface area contributed by atoms with Gasteiger partial charge in [-0.3, -0.25) is 14.5 Å². The number of hydrogen-bond acceptors (Lipinski definition) is 9. The number of benzene rings is 1. The van der Waals surface area contributed by atoms with Crippen LogP contribution in [0.3, 0.4) is 0 Å². The predicted octanol–water partition coefficient (Wildman–Crippen LogP) is 1.99.